The smallest absolute Gasteiger partial charge is 0.231 e. The van der Waals surface area contributed by atoms with E-state index in [9.17, 15) is 4.79 Å². The molecule has 174 valence electrons. The van der Waals surface area contributed by atoms with Crippen molar-refractivity contribution < 1.29 is 9.53 Å². The number of fused-ring (bicyclic) bond motifs is 2. The van der Waals surface area contributed by atoms with Crippen LogP contribution in [-0.4, -0.2) is 29.7 Å². The van der Waals surface area contributed by atoms with E-state index < -0.39 is 0 Å². The number of nitrogens with one attached hydrogen (secondary N) is 1. The van der Waals surface area contributed by atoms with Crippen molar-refractivity contribution in [2.45, 2.75) is 39.0 Å². The number of amidine groups is 1. The van der Waals surface area contributed by atoms with E-state index in [1.807, 2.05) is 79.7 Å². The summed E-state index contributed by atoms with van der Waals surface area (Å²) in [4.78, 5) is 20.6. The van der Waals surface area contributed by atoms with Gasteiger partial charge in [0.2, 0.25) is 5.91 Å². The maximum atomic E-state index is 13.2. The van der Waals surface area contributed by atoms with Crippen LogP contribution >= 0.6 is 0 Å². The number of carbonyl (C=O) groups is 1. The van der Waals surface area contributed by atoms with Crippen LogP contribution in [0, 0.1) is 5.92 Å². The van der Waals surface area contributed by atoms with Gasteiger partial charge >= 0.3 is 0 Å². The second kappa shape index (κ2) is 9.72. The van der Waals surface area contributed by atoms with Crippen LogP contribution in [0.4, 0.5) is 11.4 Å². The highest BCUT2D eigenvalue weighted by Gasteiger charge is 2.26. The van der Waals surface area contributed by atoms with E-state index >= 15 is 0 Å². The van der Waals surface area contributed by atoms with E-state index in [0.29, 0.717) is 0 Å². The largest absolute Gasteiger partial charge is 0.454 e. The molecule has 2 aliphatic heterocycles. The Balaban J connectivity index is 1.48. The number of likely N-dealkylation sites (tertiary alicyclic amines) is 1. The molecule has 5 nitrogen and oxygen atoms in total. The second-order valence-corrected chi connectivity index (χ2v) is 9.25. The number of aliphatic imine (C=N–C) groups is 1. The van der Waals surface area contributed by atoms with Gasteiger partial charge < -0.3 is 15.0 Å². The van der Waals surface area contributed by atoms with Crippen LogP contribution in [-0.2, 0) is 4.79 Å². The van der Waals surface area contributed by atoms with Crippen LogP contribution in [0.25, 0.3) is 0 Å². The first-order valence-corrected chi connectivity index (χ1v) is 12.2. The summed E-state index contributed by atoms with van der Waals surface area (Å²) in [6.07, 6.45) is 3.02. The van der Waals surface area contributed by atoms with Crippen molar-refractivity contribution in [2.75, 3.05) is 18.4 Å². The summed E-state index contributed by atoms with van der Waals surface area (Å²) in [6.45, 7) is 6.28. The van der Waals surface area contributed by atoms with Crippen molar-refractivity contribution in [3.8, 4) is 11.5 Å². The summed E-state index contributed by atoms with van der Waals surface area (Å²) in [5.41, 5.74) is 3.52. The number of amides is 1. The Morgan fingerprint density at radius 3 is 2.53 bits per heavy atom. The third-order valence-electron chi connectivity index (χ3n) is 6.81. The van der Waals surface area contributed by atoms with E-state index in [-0.39, 0.29) is 11.8 Å². The monoisotopic (exact) mass is 453 g/mol. The molecule has 0 spiro atoms. The molecule has 1 saturated heterocycles. The molecule has 1 fully saturated rings. The first-order chi connectivity index (χ1) is 16.6. The maximum absolute atomic E-state index is 13.2. The molecule has 0 radical (unpaired) electrons. The summed E-state index contributed by atoms with van der Waals surface area (Å²) in [5.74, 6) is 2.94. The van der Waals surface area contributed by atoms with Gasteiger partial charge in [-0.25, -0.2) is 4.99 Å². The third-order valence-corrected chi connectivity index (χ3v) is 6.81. The summed E-state index contributed by atoms with van der Waals surface area (Å²) >= 11 is 0. The molecule has 1 atom stereocenters. The van der Waals surface area contributed by atoms with Crippen LogP contribution in [0.15, 0.2) is 77.8 Å². The fraction of sp³-hybridized carbons (Fsp3) is 0.310. The Morgan fingerprint density at radius 1 is 1.03 bits per heavy atom. The maximum Gasteiger partial charge on any atom is 0.231 e. The zero-order chi connectivity index (χ0) is 23.5. The lowest BCUT2D eigenvalue weighted by molar-refractivity contribution is -0.117. The van der Waals surface area contributed by atoms with Crippen LogP contribution < -0.4 is 10.1 Å². The quantitative estimate of drug-likeness (QED) is 0.476. The zero-order valence-electron chi connectivity index (χ0n) is 19.8. The molecular weight excluding hydrogens is 422 g/mol. The van der Waals surface area contributed by atoms with E-state index in [4.69, 9.17) is 9.73 Å². The summed E-state index contributed by atoms with van der Waals surface area (Å²) in [7, 11) is 0. The molecule has 1 amide bonds. The van der Waals surface area contributed by atoms with Crippen LogP contribution in [0.2, 0.25) is 0 Å². The van der Waals surface area contributed by atoms with Crippen LogP contribution in [0.1, 0.15) is 50.2 Å². The van der Waals surface area contributed by atoms with Gasteiger partial charge in [0.1, 0.15) is 17.3 Å². The standard InChI is InChI=1S/C29H31N3O2/c1-3-23(21-9-5-4-6-10-21)29(33)30-22-13-14-26-24(19-22)28(32-17-15-20(2)16-18-32)31-25-11-7-8-12-27(25)34-26/h4-14,19-20,23H,3,15-18H2,1-2H3,(H,30,33)/t23-/m1/s1. The van der Waals surface area contributed by atoms with Crippen molar-refractivity contribution >= 4 is 23.1 Å². The Labute approximate surface area is 201 Å². The molecular formula is C29H31N3O2. The molecule has 0 saturated carbocycles. The summed E-state index contributed by atoms with van der Waals surface area (Å²) < 4.78 is 6.29. The van der Waals surface area contributed by atoms with Gasteiger partial charge in [-0.1, -0.05) is 56.3 Å². The highest BCUT2D eigenvalue weighted by molar-refractivity contribution is 6.05. The van der Waals surface area contributed by atoms with Crippen molar-refractivity contribution in [1.29, 1.82) is 0 Å². The minimum Gasteiger partial charge on any atom is -0.454 e. The molecule has 5 rings (SSSR count). The minimum atomic E-state index is -0.197. The number of carbonyl (C=O) groups excluding carboxylic acids is 1. The molecule has 1 N–H and O–H groups in total. The SMILES string of the molecule is CC[C@@H](C(=O)Nc1ccc2c(c1)C(N1CCC(C)CC1)=Nc1ccccc1O2)c1ccccc1. The van der Waals surface area contributed by atoms with E-state index in [1.165, 1.54) is 0 Å². The molecule has 2 aliphatic rings. The fourth-order valence-electron chi connectivity index (χ4n) is 4.75. The molecule has 3 aromatic carbocycles. The van der Waals surface area contributed by atoms with Crippen molar-refractivity contribution in [3.63, 3.8) is 0 Å². The predicted molar refractivity (Wildman–Crippen MR) is 137 cm³/mol. The highest BCUT2D eigenvalue weighted by Crippen LogP contribution is 2.39. The van der Waals surface area contributed by atoms with Gasteiger partial charge in [0.05, 0.1) is 11.5 Å². The Kier molecular flexibility index (Phi) is 6.35. The summed E-state index contributed by atoms with van der Waals surface area (Å²) in [5, 5.41) is 3.15. The number of nitrogens with zero attached hydrogens (tertiary/aromatic N) is 2. The van der Waals surface area contributed by atoms with Gasteiger partial charge in [-0.2, -0.15) is 0 Å². The van der Waals surface area contributed by atoms with Crippen LogP contribution in [0.3, 0.4) is 0 Å². The molecule has 34 heavy (non-hydrogen) atoms. The number of rotatable bonds is 4. The third kappa shape index (κ3) is 4.56. The molecule has 5 heteroatoms. The molecule has 3 aromatic rings. The normalized spacial score (nSPS) is 16.4. The predicted octanol–water partition coefficient (Wildman–Crippen LogP) is 6.73. The number of ether oxygens (including phenoxy) is 1. The Bertz CT molecular complexity index is 1200. The van der Waals surface area contributed by atoms with E-state index in [0.717, 1.165) is 78.1 Å². The van der Waals surface area contributed by atoms with Crippen molar-refractivity contribution in [1.82, 2.24) is 4.90 Å². The average Bonchev–Trinajstić information content (AvgIpc) is 3.02. The molecule has 0 unspecified atom stereocenters. The lowest BCUT2D eigenvalue weighted by Crippen LogP contribution is -2.38. The number of hydrogen-bond donors (Lipinski definition) is 1. The zero-order valence-corrected chi connectivity index (χ0v) is 19.8. The van der Waals surface area contributed by atoms with E-state index in [2.05, 4.69) is 17.1 Å². The van der Waals surface area contributed by atoms with E-state index in [1.54, 1.807) is 0 Å². The Morgan fingerprint density at radius 2 is 1.76 bits per heavy atom. The van der Waals surface area contributed by atoms with Gasteiger partial charge in [0, 0.05) is 18.8 Å². The van der Waals surface area contributed by atoms with Gasteiger partial charge in [-0.05, 0) is 61.1 Å². The minimum absolute atomic E-state index is 0.00300. The average molecular weight is 454 g/mol. The number of para-hydroxylation sites is 2. The second-order valence-electron chi connectivity index (χ2n) is 9.25. The number of anilines is 1. The number of piperidine rings is 1. The molecule has 0 bridgehead atoms. The highest BCUT2D eigenvalue weighted by atomic mass is 16.5. The molecule has 2 heterocycles. The fourth-order valence-corrected chi connectivity index (χ4v) is 4.75. The lowest BCUT2D eigenvalue weighted by atomic mass is 9.95. The Hall–Kier alpha value is -3.60. The van der Waals surface area contributed by atoms with Crippen molar-refractivity contribution in [2.24, 2.45) is 10.9 Å². The number of hydrogen-bond acceptors (Lipinski definition) is 4. The summed E-state index contributed by atoms with van der Waals surface area (Å²) in [6, 6.07) is 23.7. The van der Waals surface area contributed by atoms with Crippen molar-refractivity contribution in [3.05, 3.63) is 83.9 Å². The van der Waals surface area contributed by atoms with Gasteiger partial charge in [-0.3, -0.25) is 4.79 Å². The number of benzene rings is 3. The first kappa shape index (κ1) is 22.2. The van der Waals surface area contributed by atoms with Gasteiger partial charge in [0.15, 0.2) is 5.75 Å². The molecule has 0 aliphatic carbocycles. The molecule has 0 aromatic heterocycles. The van der Waals surface area contributed by atoms with Gasteiger partial charge in [-0.15, -0.1) is 0 Å². The van der Waals surface area contributed by atoms with Crippen LogP contribution in [0.5, 0.6) is 11.5 Å². The lowest BCUT2D eigenvalue weighted by Gasteiger charge is -2.33. The van der Waals surface area contributed by atoms with Gasteiger partial charge in [0.25, 0.3) is 0 Å². The topological polar surface area (TPSA) is 53.9 Å². The first-order valence-electron chi connectivity index (χ1n) is 12.2.